The van der Waals surface area contributed by atoms with Gasteiger partial charge < -0.3 is 9.84 Å². The van der Waals surface area contributed by atoms with Gasteiger partial charge in [-0.1, -0.05) is 0 Å². The molecule has 0 aromatic carbocycles. The largest absolute Gasteiger partial charge is 0.459 e. The van der Waals surface area contributed by atoms with Gasteiger partial charge in [-0.15, -0.1) is 0 Å². The molecule has 14 heavy (non-hydrogen) atoms. The number of aliphatic hydroxyl groups is 1. The summed E-state index contributed by atoms with van der Waals surface area (Å²) in [5.41, 5.74) is 0. The van der Waals surface area contributed by atoms with Crippen molar-refractivity contribution in [3.8, 4) is 0 Å². The number of rotatable bonds is 1. The molecule has 0 spiro atoms. The van der Waals surface area contributed by atoms with Crippen LogP contribution in [0.1, 0.15) is 19.3 Å². The van der Waals surface area contributed by atoms with Crippen molar-refractivity contribution in [3.05, 3.63) is 0 Å². The molecule has 1 saturated heterocycles. The number of halogens is 5. The maximum absolute atomic E-state index is 12.7. The third-order valence-electron chi connectivity index (χ3n) is 2.10. The predicted octanol–water partition coefficient (Wildman–Crippen LogP) is 2.07. The quantitative estimate of drug-likeness (QED) is 0.685. The molecule has 1 N–H and O–H groups in total. The minimum atomic E-state index is -5.79. The molecule has 2 nitrogen and oxygen atoms in total. The molecule has 1 heterocycles. The van der Waals surface area contributed by atoms with Crippen molar-refractivity contribution in [2.45, 2.75) is 37.1 Å². The first kappa shape index (κ1) is 11.6. The molecular formula is C7H9F5O2. The molecule has 84 valence electrons. The van der Waals surface area contributed by atoms with Gasteiger partial charge in [0.1, 0.15) is 0 Å². The van der Waals surface area contributed by atoms with E-state index in [1.54, 1.807) is 0 Å². The van der Waals surface area contributed by atoms with E-state index in [1.165, 1.54) is 0 Å². The van der Waals surface area contributed by atoms with Crippen LogP contribution in [0.5, 0.6) is 0 Å². The van der Waals surface area contributed by atoms with E-state index in [0.717, 1.165) is 0 Å². The van der Waals surface area contributed by atoms with Crippen LogP contribution < -0.4 is 0 Å². The van der Waals surface area contributed by atoms with Crippen LogP contribution in [0.4, 0.5) is 22.0 Å². The van der Waals surface area contributed by atoms with Crippen molar-refractivity contribution in [1.82, 2.24) is 0 Å². The summed E-state index contributed by atoms with van der Waals surface area (Å²) in [6.45, 7) is -0.290. The smallest absolute Gasteiger partial charge is 0.361 e. The number of ether oxygens (including phenoxy) is 1. The lowest BCUT2D eigenvalue weighted by molar-refractivity contribution is -0.411. The molecular weight excluding hydrogens is 211 g/mol. The Morgan fingerprint density at radius 3 is 2.00 bits per heavy atom. The third-order valence-corrected chi connectivity index (χ3v) is 2.10. The Bertz CT molecular complexity index is 207. The van der Waals surface area contributed by atoms with Crippen molar-refractivity contribution >= 4 is 0 Å². The van der Waals surface area contributed by atoms with Gasteiger partial charge in [-0.25, -0.2) is 0 Å². The zero-order chi connectivity index (χ0) is 11.0. The summed E-state index contributed by atoms with van der Waals surface area (Å²) in [7, 11) is 0. The maximum Gasteiger partial charge on any atom is 0.459 e. The Balaban J connectivity index is 2.89. The van der Waals surface area contributed by atoms with Gasteiger partial charge in [0.25, 0.3) is 0 Å². The normalized spacial score (nSPS) is 30.4. The molecule has 1 atom stereocenters. The summed E-state index contributed by atoms with van der Waals surface area (Å²) in [6, 6.07) is 0. The summed E-state index contributed by atoms with van der Waals surface area (Å²) in [6.07, 6.45) is -6.04. The fourth-order valence-electron chi connectivity index (χ4n) is 1.25. The Labute approximate surface area is 76.7 Å². The average molecular weight is 220 g/mol. The van der Waals surface area contributed by atoms with Crippen LogP contribution in [0.3, 0.4) is 0 Å². The molecule has 0 radical (unpaired) electrons. The molecule has 1 aliphatic rings. The fraction of sp³-hybridized carbons (Fsp3) is 1.00. The van der Waals surface area contributed by atoms with Gasteiger partial charge in [0, 0.05) is 6.42 Å². The Morgan fingerprint density at radius 1 is 1.07 bits per heavy atom. The van der Waals surface area contributed by atoms with Gasteiger partial charge in [0.15, 0.2) is 0 Å². The zero-order valence-corrected chi connectivity index (χ0v) is 7.07. The van der Waals surface area contributed by atoms with Crippen molar-refractivity contribution in [3.63, 3.8) is 0 Å². The SMILES string of the molecule is OC1(C(F)(F)C(F)(F)F)CCCCO1. The van der Waals surface area contributed by atoms with E-state index in [2.05, 4.69) is 4.74 Å². The molecule has 1 rings (SSSR count). The molecule has 0 saturated carbocycles. The summed E-state index contributed by atoms with van der Waals surface area (Å²) in [4.78, 5) is 0. The van der Waals surface area contributed by atoms with Gasteiger partial charge >= 0.3 is 12.1 Å². The minimum Gasteiger partial charge on any atom is -0.361 e. The molecule has 7 heteroatoms. The van der Waals surface area contributed by atoms with Crippen molar-refractivity contribution in [2.75, 3.05) is 6.61 Å². The Morgan fingerprint density at radius 2 is 1.64 bits per heavy atom. The zero-order valence-electron chi connectivity index (χ0n) is 7.07. The van der Waals surface area contributed by atoms with Crippen LogP contribution in [-0.2, 0) is 4.74 Å². The van der Waals surface area contributed by atoms with Crippen molar-refractivity contribution < 1.29 is 31.8 Å². The van der Waals surface area contributed by atoms with E-state index in [9.17, 15) is 22.0 Å². The standard InChI is InChI=1S/C7H9F5O2/c8-6(9,7(10,11)12)5(13)3-1-2-4-14-5/h13H,1-4H2. The van der Waals surface area contributed by atoms with E-state index in [0.29, 0.717) is 6.42 Å². The number of hydrogen-bond acceptors (Lipinski definition) is 2. The Hall–Kier alpha value is -0.430. The fourth-order valence-corrected chi connectivity index (χ4v) is 1.25. The van der Waals surface area contributed by atoms with E-state index >= 15 is 0 Å². The van der Waals surface area contributed by atoms with Gasteiger partial charge in [0.05, 0.1) is 6.61 Å². The van der Waals surface area contributed by atoms with Gasteiger partial charge in [-0.3, -0.25) is 0 Å². The average Bonchev–Trinajstić information content (AvgIpc) is 2.03. The van der Waals surface area contributed by atoms with E-state index in [-0.39, 0.29) is 13.0 Å². The minimum absolute atomic E-state index is 0.0855. The second-order valence-corrected chi connectivity index (χ2v) is 3.16. The summed E-state index contributed by atoms with van der Waals surface area (Å²) >= 11 is 0. The lowest BCUT2D eigenvalue weighted by Gasteiger charge is -2.38. The second kappa shape index (κ2) is 3.30. The lowest BCUT2D eigenvalue weighted by atomic mass is 9.99. The second-order valence-electron chi connectivity index (χ2n) is 3.16. The molecule has 0 amide bonds. The van der Waals surface area contributed by atoms with Gasteiger partial charge in [0.2, 0.25) is 5.79 Å². The van der Waals surface area contributed by atoms with Crippen LogP contribution in [-0.4, -0.2) is 29.6 Å². The van der Waals surface area contributed by atoms with Crippen LogP contribution in [0.25, 0.3) is 0 Å². The highest BCUT2D eigenvalue weighted by Gasteiger charge is 2.71. The number of hydrogen-bond donors (Lipinski definition) is 1. The van der Waals surface area contributed by atoms with Crippen LogP contribution >= 0.6 is 0 Å². The molecule has 0 aromatic heterocycles. The molecule has 0 bridgehead atoms. The van der Waals surface area contributed by atoms with Gasteiger partial charge in [-0.05, 0) is 12.8 Å². The topological polar surface area (TPSA) is 29.5 Å². The summed E-state index contributed by atoms with van der Waals surface area (Å²) in [5, 5.41) is 9.04. The molecule has 1 aliphatic heterocycles. The first-order chi connectivity index (χ1) is 6.21. The highest BCUT2D eigenvalue weighted by atomic mass is 19.4. The Kier molecular flexibility index (Phi) is 2.75. The van der Waals surface area contributed by atoms with E-state index < -0.39 is 24.3 Å². The van der Waals surface area contributed by atoms with E-state index in [1.807, 2.05) is 0 Å². The van der Waals surface area contributed by atoms with Crippen molar-refractivity contribution in [2.24, 2.45) is 0 Å². The lowest BCUT2D eigenvalue weighted by Crippen LogP contribution is -2.59. The van der Waals surface area contributed by atoms with Crippen LogP contribution in [0.15, 0.2) is 0 Å². The van der Waals surface area contributed by atoms with Crippen LogP contribution in [0, 0.1) is 0 Å². The highest BCUT2D eigenvalue weighted by molar-refractivity contribution is 4.92. The monoisotopic (exact) mass is 220 g/mol. The molecule has 0 aliphatic carbocycles. The first-order valence-electron chi connectivity index (χ1n) is 4.01. The van der Waals surface area contributed by atoms with Crippen LogP contribution in [0.2, 0.25) is 0 Å². The third kappa shape index (κ3) is 1.70. The molecule has 1 fully saturated rings. The first-order valence-corrected chi connectivity index (χ1v) is 4.01. The highest BCUT2D eigenvalue weighted by Crippen LogP contribution is 2.47. The predicted molar refractivity (Wildman–Crippen MR) is 35.8 cm³/mol. The number of alkyl halides is 5. The van der Waals surface area contributed by atoms with E-state index in [4.69, 9.17) is 5.11 Å². The maximum atomic E-state index is 12.7. The summed E-state index contributed by atoms with van der Waals surface area (Å²) < 4.78 is 65.2. The molecule has 0 aromatic rings. The van der Waals surface area contributed by atoms with Gasteiger partial charge in [-0.2, -0.15) is 22.0 Å². The summed E-state index contributed by atoms with van der Waals surface area (Å²) in [5.74, 6) is -8.62. The molecule has 1 unspecified atom stereocenters. The van der Waals surface area contributed by atoms with Crippen molar-refractivity contribution in [1.29, 1.82) is 0 Å².